The highest BCUT2D eigenvalue weighted by molar-refractivity contribution is 5.23. The maximum atomic E-state index is 12.0. The fraction of sp³-hybridized carbons (Fsp3) is 0.733. The molecule has 18 heavy (non-hydrogen) atoms. The molecule has 0 aliphatic heterocycles. The molecule has 1 fully saturated rings. The predicted octanol–water partition coefficient (Wildman–Crippen LogP) is 2.94. The van der Waals surface area contributed by atoms with Crippen LogP contribution in [-0.4, -0.2) is 9.97 Å². The molecule has 98 valence electrons. The fourth-order valence-corrected chi connectivity index (χ4v) is 3.56. The van der Waals surface area contributed by atoms with Gasteiger partial charge in [-0.15, -0.1) is 0 Å². The van der Waals surface area contributed by atoms with Crippen LogP contribution >= 0.6 is 0 Å². The van der Waals surface area contributed by atoms with Crippen molar-refractivity contribution in [2.75, 3.05) is 0 Å². The molecule has 1 heterocycles. The Balaban J connectivity index is 1.88. The summed E-state index contributed by atoms with van der Waals surface area (Å²) in [7, 11) is 0. The number of fused-ring (bicyclic) bond motifs is 1. The Hall–Kier alpha value is -1.12. The second kappa shape index (κ2) is 4.87. The van der Waals surface area contributed by atoms with E-state index in [1.807, 2.05) is 0 Å². The lowest BCUT2D eigenvalue weighted by molar-refractivity contribution is 0.306. The van der Waals surface area contributed by atoms with Gasteiger partial charge in [-0.05, 0) is 38.0 Å². The average Bonchev–Trinajstić information content (AvgIpc) is 2.87. The van der Waals surface area contributed by atoms with Crippen LogP contribution in [0.4, 0.5) is 0 Å². The molecule has 3 nitrogen and oxygen atoms in total. The highest BCUT2D eigenvalue weighted by Gasteiger charge is 2.26. The third kappa shape index (κ3) is 2.11. The quantitative estimate of drug-likeness (QED) is 0.872. The van der Waals surface area contributed by atoms with Crippen molar-refractivity contribution in [3.05, 3.63) is 27.4 Å². The van der Waals surface area contributed by atoms with Gasteiger partial charge in [-0.2, -0.15) is 0 Å². The number of aromatic amines is 1. The van der Waals surface area contributed by atoms with E-state index < -0.39 is 0 Å². The molecule has 2 aliphatic rings. The largest absolute Gasteiger partial charge is 0.310 e. The van der Waals surface area contributed by atoms with Crippen LogP contribution in [0.5, 0.6) is 0 Å². The van der Waals surface area contributed by atoms with Crippen LogP contribution in [0.2, 0.25) is 0 Å². The van der Waals surface area contributed by atoms with E-state index in [0.717, 1.165) is 42.3 Å². The molecule has 0 spiro atoms. The first kappa shape index (κ1) is 11.9. The lowest BCUT2D eigenvalue weighted by Gasteiger charge is -2.27. The summed E-state index contributed by atoms with van der Waals surface area (Å²) in [5.74, 6) is 2.28. The topological polar surface area (TPSA) is 45.8 Å². The molecular weight excluding hydrogens is 224 g/mol. The first-order valence-electron chi connectivity index (χ1n) is 7.40. The van der Waals surface area contributed by atoms with Crippen molar-refractivity contribution in [1.82, 2.24) is 9.97 Å². The molecule has 0 aromatic carbocycles. The smallest absolute Gasteiger partial charge is 0.254 e. The number of aryl methyl sites for hydroxylation is 1. The number of hydrogen-bond acceptors (Lipinski definition) is 2. The minimum absolute atomic E-state index is 0.131. The molecule has 0 bridgehead atoms. The zero-order valence-corrected chi connectivity index (χ0v) is 11.2. The Morgan fingerprint density at radius 2 is 2.17 bits per heavy atom. The van der Waals surface area contributed by atoms with E-state index >= 15 is 0 Å². The van der Waals surface area contributed by atoms with E-state index in [9.17, 15) is 4.79 Å². The molecule has 3 heteroatoms. The Bertz CT molecular complexity index is 492. The maximum absolute atomic E-state index is 12.0. The SMILES string of the molecule is CCC1CCCC(c2nc3c(c(=O)[nH]2)CCC3)C1. The highest BCUT2D eigenvalue weighted by atomic mass is 16.1. The average molecular weight is 246 g/mol. The van der Waals surface area contributed by atoms with Gasteiger partial charge in [0, 0.05) is 11.5 Å². The second-order valence-corrected chi connectivity index (χ2v) is 5.87. The van der Waals surface area contributed by atoms with Gasteiger partial charge in [-0.25, -0.2) is 4.98 Å². The van der Waals surface area contributed by atoms with Crippen molar-refractivity contribution >= 4 is 0 Å². The number of aromatic nitrogens is 2. The molecule has 0 saturated heterocycles. The van der Waals surface area contributed by atoms with Crippen LogP contribution in [-0.2, 0) is 12.8 Å². The van der Waals surface area contributed by atoms with Crippen LogP contribution < -0.4 is 5.56 Å². The number of nitrogens with zero attached hydrogens (tertiary/aromatic N) is 1. The van der Waals surface area contributed by atoms with Crippen molar-refractivity contribution in [3.63, 3.8) is 0 Å². The molecular formula is C15H22N2O. The third-order valence-corrected chi connectivity index (χ3v) is 4.71. The molecule has 3 rings (SSSR count). The summed E-state index contributed by atoms with van der Waals surface area (Å²) in [5, 5.41) is 0. The zero-order chi connectivity index (χ0) is 12.5. The summed E-state index contributed by atoms with van der Waals surface area (Å²) < 4.78 is 0. The van der Waals surface area contributed by atoms with Crippen molar-refractivity contribution < 1.29 is 0 Å². The van der Waals surface area contributed by atoms with Crippen molar-refractivity contribution in [2.45, 2.75) is 64.2 Å². The summed E-state index contributed by atoms with van der Waals surface area (Å²) in [5.41, 5.74) is 2.15. The van der Waals surface area contributed by atoms with E-state index in [2.05, 4.69) is 11.9 Å². The van der Waals surface area contributed by atoms with Crippen LogP contribution in [0.15, 0.2) is 4.79 Å². The molecule has 1 saturated carbocycles. The zero-order valence-electron chi connectivity index (χ0n) is 11.2. The monoisotopic (exact) mass is 246 g/mol. The van der Waals surface area contributed by atoms with Gasteiger partial charge in [0.1, 0.15) is 5.82 Å². The summed E-state index contributed by atoms with van der Waals surface area (Å²) in [6.07, 6.45) is 9.29. The van der Waals surface area contributed by atoms with E-state index in [4.69, 9.17) is 4.98 Å². The van der Waals surface area contributed by atoms with E-state index in [-0.39, 0.29) is 5.56 Å². The second-order valence-electron chi connectivity index (χ2n) is 5.87. The van der Waals surface area contributed by atoms with Gasteiger partial charge < -0.3 is 4.98 Å². The lowest BCUT2D eigenvalue weighted by atomic mass is 9.80. The predicted molar refractivity (Wildman–Crippen MR) is 71.9 cm³/mol. The standard InChI is InChI=1S/C15H22N2O/c1-2-10-5-3-6-11(9-10)14-16-13-8-4-7-12(13)15(18)17-14/h10-11H,2-9H2,1H3,(H,16,17,18). The van der Waals surface area contributed by atoms with E-state index in [1.54, 1.807) is 0 Å². The van der Waals surface area contributed by atoms with Crippen LogP contribution in [0.25, 0.3) is 0 Å². The molecule has 2 unspecified atom stereocenters. The first-order chi connectivity index (χ1) is 8.78. The summed E-state index contributed by atoms with van der Waals surface area (Å²) in [6, 6.07) is 0. The molecule has 1 aromatic heterocycles. The summed E-state index contributed by atoms with van der Waals surface area (Å²) in [6.45, 7) is 2.27. The molecule has 2 aliphatic carbocycles. The fourth-order valence-electron chi connectivity index (χ4n) is 3.56. The minimum atomic E-state index is 0.131. The minimum Gasteiger partial charge on any atom is -0.310 e. The Morgan fingerprint density at radius 3 is 3.00 bits per heavy atom. The van der Waals surface area contributed by atoms with Crippen LogP contribution in [0.1, 0.15) is 68.4 Å². The van der Waals surface area contributed by atoms with Crippen molar-refractivity contribution in [2.24, 2.45) is 5.92 Å². The number of hydrogen-bond donors (Lipinski definition) is 1. The van der Waals surface area contributed by atoms with Crippen molar-refractivity contribution in [1.29, 1.82) is 0 Å². The molecule has 0 amide bonds. The Labute approximate surface area is 108 Å². The van der Waals surface area contributed by atoms with Crippen LogP contribution in [0, 0.1) is 5.92 Å². The van der Waals surface area contributed by atoms with E-state index in [0.29, 0.717) is 5.92 Å². The van der Waals surface area contributed by atoms with Gasteiger partial charge in [0.15, 0.2) is 0 Å². The van der Waals surface area contributed by atoms with Crippen molar-refractivity contribution in [3.8, 4) is 0 Å². The van der Waals surface area contributed by atoms with Gasteiger partial charge in [-0.3, -0.25) is 4.79 Å². The van der Waals surface area contributed by atoms with Gasteiger partial charge in [0.05, 0.1) is 5.69 Å². The summed E-state index contributed by atoms with van der Waals surface area (Å²) >= 11 is 0. The highest BCUT2D eigenvalue weighted by Crippen LogP contribution is 2.36. The van der Waals surface area contributed by atoms with E-state index in [1.165, 1.54) is 32.1 Å². The Kier molecular flexibility index (Phi) is 3.23. The number of nitrogens with one attached hydrogen (secondary N) is 1. The number of H-pyrrole nitrogens is 1. The summed E-state index contributed by atoms with van der Waals surface area (Å²) in [4.78, 5) is 19.8. The third-order valence-electron chi connectivity index (χ3n) is 4.71. The first-order valence-corrected chi connectivity index (χ1v) is 7.40. The maximum Gasteiger partial charge on any atom is 0.254 e. The Morgan fingerprint density at radius 1 is 1.28 bits per heavy atom. The van der Waals surface area contributed by atoms with Crippen LogP contribution in [0.3, 0.4) is 0 Å². The number of rotatable bonds is 2. The lowest BCUT2D eigenvalue weighted by Crippen LogP contribution is -2.22. The molecule has 1 N–H and O–H groups in total. The molecule has 0 radical (unpaired) electrons. The molecule has 1 aromatic rings. The van der Waals surface area contributed by atoms with Gasteiger partial charge in [0.2, 0.25) is 0 Å². The molecule has 2 atom stereocenters. The normalized spacial score (nSPS) is 27.2. The van der Waals surface area contributed by atoms with Gasteiger partial charge in [0.25, 0.3) is 5.56 Å². The van der Waals surface area contributed by atoms with Gasteiger partial charge in [-0.1, -0.05) is 26.2 Å². The van der Waals surface area contributed by atoms with Gasteiger partial charge >= 0.3 is 0 Å².